The number of sulfonamides is 2. The molecule has 0 saturated carbocycles. The molecule has 0 heterocycles. The lowest BCUT2D eigenvalue weighted by molar-refractivity contribution is 0.568. The van der Waals surface area contributed by atoms with Crippen LogP contribution in [0.2, 0.25) is 0 Å². The van der Waals surface area contributed by atoms with Crippen LogP contribution in [0.1, 0.15) is 0 Å². The van der Waals surface area contributed by atoms with Crippen LogP contribution >= 0.6 is 0 Å². The molecule has 0 aliphatic carbocycles. The van der Waals surface area contributed by atoms with Gasteiger partial charge in [0.05, 0.1) is 15.5 Å². The molecule has 0 amide bonds. The summed E-state index contributed by atoms with van der Waals surface area (Å²) in [6.07, 6.45) is 0. The minimum atomic E-state index is -4.29. The van der Waals surface area contributed by atoms with Gasteiger partial charge in [0.2, 0.25) is 10.0 Å². The molecule has 10 heteroatoms. The summed E-state index contributed by atoms with van der Waals surface area (Å²) in [5, 5.41) is 4.94. The van der Waals surface area contributed by atoms with Gasteiger partial charge >= 0.3 is 0 Å². The second-order valence-corrected chi connectivity index (χ2v) is 7.53. The number of rotatable bonds is 4. The van der Waals surface area contributed by atoms with Crippen LogP contribution in [-0.4, -0.2) is 16.8 Å². The Kier molecular flexibility index (Phi) is 4.18. The predicted molar refractivity (Wildman–Crippen MR) is 75.0 cm³/mol. The Morgan fingerprint density at radius 2 is 1.45 bits per heavy atom. The van der Waals surface area contributed by atoms with E-state index in [2.05, 4.69) is 0 Å². The number of anilines is 1. The molecule has 22 heavy (non-hydrogen) atoms. The van der Waals surface area contributed by atoms with E-state index in [-0.39, 0.29) is 10.6 Å². The maximum Gasteiger partial charge on any atom is 0.262 e. The molecule has 118 valence electrons. The summed E-state index contributed by atoms with van der Waals surface area (Å²) in [4.78, 5) is -0.941. The normalized spacial score (nSPS) is 12.1. The third-order valence-corrected chi connectivity index (χ3v) is 4.83. The van der Waals surface area contributed by atoms with Gasteiger partial charge in [-0.05, 0) is 30.3 Å². The molecule has 0 aliphatic rings. The second-order valence-electron chi connectivity index (χ2n) is 4.28. The lowest BCUT2D eigenvalue weighted by atomic mass is 10.3. The number of benzene rings is 2. The van der Waals surface area contributed by atoms with Gasteiger partial charge in [0.15, 0.2) is 0 Å². The second kappa shape index (κ2) is 5.63. The van der Waals surface area contributed by atoms with E-state index in [0.717, 1.165) is 6.07 Å². The zero-order chi connectivity index (χ0) is 16.5. The van der Waals surface area contributed by atoms with Crippen LogP contribution in [0.25, 0.3) is 0 Å². The summed E-state index contributed by atoms with van der Waals surface area (Å²) in [5.41, 5.74) is -0.115. The van der Waals surface area contributed by atoms with Crippen molar-refractivity contribution in [3.05, 3.63) is 54.1 Å². The largest absolute Gasteiger partial charge is 0.280 e. The monoisotopic (exact) mass is 348 g/mol. The van der Waals surface area contributed by atoms with E-state index in [9.17, 15) is 25.6 Å². The van der Waals surface area contributed by atoms with E-state index in [1.165, 1.54) is 18.2 Å². The highest BCUT2D eigenvalue weighted by molar-refractivity contribution is 7.92. The van der Waals surface area contributed by atoms with Crippen molar-refractivity contribution in [2.24, 2.45) is 5.14 Å². The molecular formula is C12H10F2N2O4S2. The first-order valence-electron chi connectivity index (χ1n) is 5.70. The van der Waals surface area contributed by atoms with Gasteiger partial charge in [-0.25, -0.2) is 30.8 Å². The predicted octanol–water partition coefficient (Wildman–Crippen LogP) is 1.41. The topological polar surface area (TPSA) is 106 Å². The van der Waals surface area contributed by atoms with Gasteiger partial charge in [0, 0.05) is 6.07 Å². The number of nitrogens with two attached hydrogens (primary N) is 1. The van der Waals surface area contributed by atoms with Crippen LogP contribution in [0.4, 0.5) is 14.5 Å². The smallest absolute Gasteiger partial charge is 0.262 e. The molecule has 2 aromatic carbocycles. The van der Waals surface area contributed by atoms with Crippen molar-refractivity contribution in [1.29, 1.82) is 0 Å². The van der Waals surface area contributed by atoms with Crippen molar-refractivity contribution in [3.8, 4) is 0 Å². The van der Waals surface area contributed by atoms with E-state index in [1.807, 2.05) is 4.72 Å². The van der Waals surface area contributed by atoms with Gasteiger partial charge in [0.25, 0.3) is 10.0 Å². The molecule has 0 unspecified atom stereocenters. The van der Waals surface area contributed by atoms with Crippen LogP contribution in [-0.2, 0) is 20.0 Å². The summed E-state index contributed by atoms with van der Waals surface area (Å²) in [7, 11) is -8.30. The van der Waals surface area contributed by atoms with E-state index in [0.29, 0.717) is 18.2 Å². The Morgan fingerprint density at radius 1 is 0.864 bits per heavy atom. The summed E-state index contributed by atoms with van der Waals surface area (Å²) in [5.74, 6) is -2.11. The average Bonchev–Trinajstić information content (AvgIpc) is 2.36. The number of nitrogens with one attached hydrogen (secondary N) is 1. The van der Waals surface area contributed by atoms with E-state index >= 15 is 0 Å². The molecule has 6 nitrogen and oxygen atoms in total. The van der Waals surface area contributed by atoms with Gasteiger partial charge in [-0.3, -0.25) is 4.72 Å². The Labute approximate surface area is 125 Å². The first-order valence-corrected chi connectivity index (χ1v) is 8.73. The number of halogens is 2. The molecule has 0 radical (unpaired) electrons. The molecule has 2 rings (SSSR count). The van der Waals surface area contributed by atoms with Crippen molar-refractivity contribution in [1.82, 2.24) is 0 Å². The van der Waals surface area contributed by atoms with Crippen LogP contribution in [0, 0.1) is 11.6 Å². The van der Waals surface area contributed by atoms with Crippen molar-refractivity contribution >= 4 is 25.7 Å². The molecule has 0 fully saturated rings. The molecule has 2 aromatic rings. The molecular weight excluding hydrogens is 338 g/mol. The van der Waals surface area contributed by atoms with E-state index in [4.69, 9.17) is 5.14 Å². The molecule has 0 atom stereocenters. The quantitative estimate of drug-likeness (QED) is 0.871. The molecule has 0 saturated heterocycles. The average molecular weight is 348 g/mol. The fourth-order valence-electron chi connectivity index (χ4n) is 1.63. The molecule has 0 aliphatic heterocycles. The van der Waals surface area contributed by atoms with Gasteiger partial charge < -0.3 is 0 Å². The zero-order valence-corrected chi connectivity index (χ0v) is 12.5. The summed E-state index contributed by atoms with van der Waals surface area (Å²) >= 11 is 0. The van der Waals surface area contributed by atoms with Crippen LogP contribution < -0.4 is 9.86 Å². The first-order chi connectivity index (χ1) is 10.1. The van der Waals surface area contributed by atoms with Crippen LogP contribution in [0.5, 0.6) is 0 Å². The Bertz CT molecular complexity index is 908. The third kappa shape index (κ3) is 3.78. The minimum absolute atomic E-state index is 0.115. The van der Waals surface area contributed by atoms with E-state index < -0.39 is 36.6 Å². The molecule has 0 bridgehead atoms. The van der Waals surface area contributed by atoms with Crippen molar-refractivity contribution < 1.29 is 25.6 Å². The summed E-state index contributed by atoms with van der Waals surface area (Å²) in [6.45, 7) is 0. The zero-order valence-electron chi connectivity index (χ0n) is 10.8. The highest BCUT2D eigenvalue weighted by atomic mass is 32.2. The molecule has 0 aromatic heterocycles. The maximum atomic E-state index is 13.1. The SMILES string of the molecule is NS(=O)(=O)c1cccc(NS(=O)(=O)c2cc(F)cc(F)c2)c1. The fraction of sp³-hybridized carbons (Fsp3) is 0. The van der Waals surface area contributed by atoms with Crippen molar-refractivity contribution in [3.63, 3.8) is 0 Å². The minimum Gasteiger partial charge on any atom is -0.280 e. The highest BCUT2D eigenvalue weighted by Gasteiger charge is 2.17. The van der Waals surface area contributed by atoms with Crippen LogP contribution in [0.15, 0.2) is 52.3 Å². The number of hydrogen-bond donors (Lipinski definition) is 2. The van der Waals surface area contributed by atoms with Crippen molar-refractivity contribution in [2.45, 2.75) is 9.79 Å². The lowest BCUT2D eigenvalue weighted by Crippen LogP contribution is -2.15. The Hall–Kier alpha value is -2.04. The highest BCUT2D eigenvalue weighted by Crippen LogP contribution is 2.20. The number of primary sulfonamides is 1. The summed E-state index contributed by atoms with van der Waals surface area (Å²) in [6, 6.07) is 6.49. The summed E-state index contributed by atoms with van der Waals surface area (Å²) < 4.78 is 74.7. The van der Waals surface area contributed by atoms with Gasteiger partial charge in [-0.15, -0.1) is 0 Å². The molecule has 0 spiro atoms. The standard InChI is InChI=1S/C12H10F2N2O4S2/c13-8-4-9(14)6-12(5-8)22(19,20)16-10-2-1-3-11(7-10)21(15,17)18/h1-7,16H,(H2,15,17,18). The fourth-order valence-corrected chi connectivity index (χ4v) is 3.28. The van der Waals surface area contributed by atoms with Gasteiger partial charge in [-0.1, -0.05) is 6.07 Å². The first kappa shape index (κ1) is 16.3. The number of hydrogen-bond acceptors (Lipinski definition) is 4. The van der Waals surface area contributed by atoms with E-state index in [1.54, 1.807) is 0 Å². The Morgan fingerprint density at radius 3 is 2.00 bits per heavy atom. The third-order valence-electron chi connectivity index (χ3n) is 2.56. The van der Waals surface area contributed by atoms with Gasteiger partial charge in [-0.2, -0.15) is 0 Å². The lowest BCUT2D eigenvalue weighted by Gasteiger charge is -2.09. The molecule has 3 N–H and O–H groups in total. The maximum absolute atomic E-state index is 13.1. The Balaban J connectivity index is 2.41. The van der Waals surface area contributed by atoms with Gasteiger partial charge in [0.1, 0.15) is 11.6 Å². The van der Waals surface area contributed by atoms with Crippen molar-refractivity contribution in [2.75, 3.05) is 4.72 Å². The van der Waals surface area contributed by atoms with Crippen LogP contribution in [0.3, 0.4) is 0 Å².